The van der Waals surface area contributed by atoms with Crippen molar-refractivity contribution < 1.29 is 0 Å². The molecule has 0 aliphatic heterocycles. The third-order valence-electron chi connectivity index (χ3n) is 2.08. The van der Waals surface area contributed by atoms with Crippen molar-refractivity contribution >= 4 is 21.6 Å². The van der Waals surface area contributed by atoms with Crippen LogP contribution in [0, 0.1) is 6.92 Å². The van der Waals surface area contributed by atoms with Crippen LogP contribution < -0.4 is 0 Å². The largest absolute Gasteiger partial charge is 0.276 e. The summed E-state index contributed by atoms with van der Waals surface area (Å²) in [6.07, 6.45) is 1.93. The average Bonchev–Trinajstić information content (AvgIpc) is 2.88. The van der Waals surface area contributed by atoms with Crippen LogP contribution in [-0.4, -0.2) is 14.8 Å². The lowest BCUT2D eigenvalue weighted by molar-refractivity contribution is 0.756. The monoisotopic (exact) mass is 231 g/mol. The molecule has 16 heavy (non-hydrogen) atoms. The number of hydrogen-bond acceptors (Lipinski definition) is 3. The Hall–Kier alpha value is -1.68. The zero-order valence-electron chi connectivity index (χ0n) is 9.29. The van der Waals surface area contributed by atoms with Gasteiger partial charge >= 0.3 is 0 Å². The molecule has 0 saturated carbocycles. The van der Waals surface area contributed by atoms with Crippen LogP contribution in [0.2, 0.25) is 0 Å². The molecule has 0 fully saturated rings. The van der Waals surface area contributed by atoms with E-state index >= 15 is 0 Å². The maximum absolute atomic E-state index is 4.14. The van der Waals surface area contributed by atoms with Crippen molar-refractivity contribution in [2.75, 3.05) is 0 Å². The molecular weight excluding hydrogens is 218 g/mol. The van der Waals surface area contributed by atoms with Crippen molar-refractivity contribution in [3.63, 3.8) is 0 Å². The molecule has 0 N–H and O–H groups in total. The molecule has 4 heteroatoms. The Labute approximate surface area is 98.4 Å². The first kappa shape index (κ1) is 10.8. The van der Waals surface area contributed by atoms with Gasteiger partial charge in [-0.15, -0.1) is 11.3 Å². The van der Waals surface area contributed by atoms with E-state index in [0.29, 0.717) is 0 Å². The molecule has 2 heterocycles. The summed E-state index contributed by atoms with van der Waals surface area (Å²) in [6.45, 7) is 1.97. The molecule has 0 spiro atoms. The van der Waals surface area contributed by atoms with E-state index in [1.807, 2.05) is 49.9 Å². The quantitative estimate of drug-likeness (QED) is 0.595. The predicted molar refractivity (Wildman–Crippen MR) is 67.6 cm³/mol. The summed E-state index contributed by atoms with van der Waals surface area (Å²) < 4.78 is 3.05. The Balaban J connectivity index is 0.000000125. The summed E-state index contributed by atoms with van der Waals surface area (Å²) in [5, 5.41) is 4.03. The van der Waals surface area contributed by atoms with Crippen LogP contribution in [0.5, 0.6) is 0 Å². The zero-order chi connectivity index (χ0) is 11.4. The Morgan fingerprint density at radius 2 is 2.00 bits per heavy atom. The van der Waals surface area contributed by atoms with E-state index in [4.69, 9.17) is 0 Å². The molecule has 1 aromatic carbocycles. The molecule has 0 radical (unpaired) electrons. The van der Waals surface area contributed by atoms with Gasteiger partial charge in [-0.05, 0) is 25.1 Å². The van der Waals surface area contributed by atoms with Crippen LogP contribution in [0.25, 0.3) is 10.2 Å². The molecule has 2 aromatic heterocycles. The van der Waals surface area contributed by atoms with Crippen molar-refractivity contribution in [3.8, 4) is 0 Å². The van der Waals surface area contributed by atoms with Gasteiger partial charge < -0.3 is 0 Å². The van der Waals surface area contributed by atoms with Crippen molar-refractivity contribution in [3.05, 3.63) is 47.7 Å². The minimum Gasteiger partial charge on any atom is -0.276 e. The maximum atomic E-state index is 4.14. The van der Waals surface area contributed by atoms with Gasteiger partial charge in [-0.2, -0.15) is 5.10 Å². The lowest BCUT2D eigenvalue weighted by Gasteiger charge is -1.80. The standard InChI is InChI=1S/C7H5NS.C5H8N2/c1-2-4-7-6(3-1)8-5-9-7;1-5-3-4-7(2)6-5/h1-5H;3-4H,1-2H3. The first-order valence-electron chi connectivity index (χ1n) is 5.00. The number of nitrogens with zero attached hydrogens (tertiary/aromatic N) is 3. The van der Waals surface area contributed by atoms with E-state index in [9.17, 15) is 0 Å². The summed E-state index contributed by atoms with van der Waals surface area (Å²) in [6, 6.07) is 10.1. The van der Waals surface area contributed by atoms with Crippen LogP contribution >= 0.6 is 11.3 Å². The molecular formula is C12H13N3S. The highest BCUT2D eigenvalue weighted by molar-refractivity contribution is 7.16. The molecule has 0 bridgehead atoms. The number of para-hydroxylation sites is 1. The summed E-state index contributed by atoms with van der Waals surface area (Å²) in [5.41, 5.74) is 4.04. The van der Waals surface area contributed by atoms with Gasteiger partial charge in [0, 0.05) is 13.2 Å². The number of rotatable bonds is 0. The molecule has 3 aromatic rings. The smallest absolute Gasteiger partial charge is 0.0812 e. The zero-order valence-corrected chi connectivity index (χ0v) is 10.1. The average molecular weight is 231 g/mol. The van der Waals surface area contributed by atoms with Crippen LogP contribution in [0.3, 0.4) is 0 Å². The van der Waals surface area contributed by atoms with Gasteiger partial charge in [-0.3, -0.25) is 4.68 Å². The number of benzene rings is 1. The normalized spacial score (nSPS) is 9.88. The highest BCUT2D eigenvalue weighted by atomic mass is 32.1. The van der Waals surface area contributed by atoms with Gasteiger partial charge in [0.2, 0.25) is 0 Å². The third kappa shape index (κ3) is 2.67. The Morgan fingerprint density at radius 1 is 1.19 bits per heavy atom. The SMILES string of the molecule is Cc1ccn(C)n1.c1ccc2scnc2c1. The topological polar surface area (TPSA) is 30.7 Å². The first-order chi connectivity index (χ1) is 7.75. The van der Waals surface area contributed by atoms with Crippen molar-refractivity contribution in [2.24, 2.45) is 7.05 Å². The van der Waals surface area contributed by atoms with Crippen molar-refractivity contribution in [1.29, 1.82) is 0 Å². The molecule has 3 nitrogen and oxygen atoms in total. The van der Waals surface area contributed by atoms with E-state index in [1.54, 1.807) is 16.0 Å². The molecule has 0 amide bonds. The second-order valence-electron chi connectivity index (χ2n) is 3.45. The highest BCUT2D eigenvalue weighted by Gasteiger charge is 1.89. The van der Waals surface area contributed by atoms with Gasteiger partial charge in [-0.1, -0.05) is 12.1 Å². The minimum absolute atomic E-state index is 1.07. The van der Waals surface area contributed by atoms with Gasteiger partial charge in [0.05, 0.1) is 21.4 Å². The molecule has 0 saturated heterocycles. The van der Waals surface area contributed by atoms with E-state index in [-0.39, 0.29) is 0 Å². The van der Waals surface area contributed by atoms with Gasteiger partial charge in [0.15, 0.2) is 0 Å². The lowest BCUT2D eigenvalue weighted by Crippen LogP contribution is -1.86. The highest BCUT2D eigenvalue weighted by Crippen LogP contribution is 2.15. The fraction of sp³-hybridized carbons (Fsp3) is 0.167. The van der Waals surface area contributed by atoms with Gasteiger partial charge in [0.25, 0.3) is 0 Å². The second-order valence-corrected chi connectivity index (χ2v) is 4.34. The Bertz CT molecular complexity index is 521. The molecule has 82 valence electrons. The van der Waals surface area contributed by atoms with Crippen molar-refractivity contribution in [1.82, 2.24) is 14.8 Å². The summed E-state index contributed by atoms with van der Waals surface area (Å²) in [4.78, 5) is 4.14. The van der Waals surface area contributed by atoms with E-state index in [0.717, 1.165) is 11.2 Å². The van der Waals surface area contributed by atoms with Crippen LogP contribution in [0.4, 0.5) is 0 Å². The fourth-order valence-electron chi connectivity index (χ4n) is 1.33. The third-order valence-corrected chi connectivity index (χ3v) is 2.89. The summed E-state index contributed by atoms with van der Waals surface area (Å²) >= 11 is 1.68. The molecule has 3 rings (SSSR count). The van der Waals surface area contributed by atoms with Crippen LogP contribution in [0.1, 0.15) is 5.69 Å². The molecule has 0 unspecified atom stereocenters. The van der Waals surface area contributed by atoms with Crippen molar-refractivity contribution in [2.45, 2.75) is 6.92 Å². The van der Waals surface area contributed by atoms with Crippen LogP contribution in [-0.2, 0) is 7.05 Å². The molecule has 0 atom stereocenters. The predicted octanol–water partition coefficient (Wildman–Crippen LogP) is 3.02. The summed E-state index contributed by atoms with van der Waals surface area (Å²) in [7, 11) is 1.91. The Morgan fingerprint density at radius 3 is 2.56 bits per heavy atom. The van der Waals surface area contributed by atoms with E-state index in [1.165, 1.54) is 4.70 Å². The van der Waals surface area contributed by atoms with E-state index < -0.39 is 0 Å². The fourth-order valence-corrected chi connectivity index (χ4v) is 2.01. The van der Waals surface area contributed by atoms with Gasteiger partial charge in [-0.25, -0.2) is 4.98 Å². The number of fused-ring (bicyclic) bond motifs is 1. The van der Waals surface area contributed by atoms with Crippen LogP contribution in [0.15, 0.2) is 42.0 Å². The lowest BCUT2D eigenvalue weighted by atomic mass is 10.3. The number of aromatic nitrogens is 3. The Kier molecular flexibility index (Phi) is 3.31. The number of thiazole rings is 1. The van der Waals surface area contributed by atoms with Gasteiger partial charge in [0.1, 0.15) is 0 Å². The minimum atomic E-state index is 1.07. The van der Waals surface area contributed by atoms with E-state index in [2.05, 4.69) is 16.1 Å². The number of aryl methyl sites for hydroxylation is 2. The second kappa shape index (κ2) is 4.90. The maximum Gasteiger partial charge on any atom is 0.0812 e. The molecule has 0 aliphatic carbocycles. The molecule has 0 aliphatic rings. The summed E-state index contributed by atoms with van der Waals surface area (Å²) in [5.74, 6) is 0. The number of hydrogen-bond donors (Lipinski definition) is 0. The first-order valence-corrected chi connectivity index (χ1v) is 5.88.